The number of aromatic nitrogens is 1. The molecule has 4 nitrogen and oxygen atoms in total. The molecule has 1 rings (SSSR count). The van der Waals surface area contributed by atoms with Gasteiger partial charge in [-0.1, -0.05) is 31.9 Å². The molecular formula is C14H20ClNO3. The summed E-state index contributed by atoms with van der Waals surface area (Å²) in [6, 6.07) is 3.22. The zero-order chi connectivity index (χ0) is 14.1. The number of unbranched alkanes of at least 4 members (excludes halogenated alkanes) is 1. The Balaban J connectivity index is 2.39. The van der Waals surface area contributed by atoms with Crippen LogP contribution in [0.5, 0.6) is 0 Å². The minimum atomic E-state index is -0.391. The molecule has 0 spiro atoms. The zero-order valence-corrected chi connectivity index (χ0v) is 12.2. The molecule has 0 saturated heterocycles. The first-order chi connectivity index (χ1) is 9.17. The summed E-state index contributed by atoms with van der Waals surface area (Å²) in [7, 11) is 0. The number of nitrogens with zero attached hydrogens (tertiary/aromatic N) is 1. The average Bonchev–Trinajstić information content (AvgIpc) is 2.41. The first kappa shape index (κ1) is 15.9. The molecule has 0 aromatic carbocycles. The van der Waals surface area contributed by atoms with Crippen molar-refractivity contribution in [2.45, 2.75) is 33.1 Å². The molecular weight excluding hydrogens is 266 g/mol. The van der Waals surface area contributed by atoms with Crippen LogP contribution in [-0.4, -0.2) is 30.8 Å². The van der Waals surface area contributed by atoms with Crippen LogP contribution in [-0.2, 0) is 15.9 Å². The SMILES string of the molecule is CCCCOCCOC(=O)c1cc(Cl)nc(CC)c1. The molecule has 0 bridgehead atoms. The van der Waals surface area contributed by atoms with Gasteiger partial charge in [0.1, 0.15) is 11.8 Å². The van der Waals surface area contributed by atoms with Crippen molar-refractivity contribution >= 4 is 17.6 Å². The summed E-state index contributed by atoms with van der Waals surface area (Å²) < 4.78 is 10.4. The van der Waals surface area contributed by atoms with Gasteiger partial charge in [-0.15, -0.1) is 0 Å². The Morgan fingerprint density at radius 2 is 2.05 bits per heavy atom. The van der Waals surface area contributed by atoms with E-state index in [-0.39, 0.29) is 6.61 Å². The van der Waals surface area contributed by atoms with Crippen molar-refractivity contribution in [2.75, 3.05) is 19.8 Å². The summed E-state index contributed by atoms with van der Waals surface area (Å²) in [4.78, 5) is 15.9. The van der Waals surface area contributed by atoms with Crippen molar-refractivity contribution in [2.24, 2.45) is 0 Å². The highest BCUT2D eigenvalue weighted by Gasteiger charge is 2.10. The molecule has 1 heterocycles. The van der Waals surface area contributed by atoms with Gasteiger partial charge in [0.2, 0.25) is 0 Å². The molecule has 1 aromatic rings. The summed E-state index contributed by atoms with van der Waals surface area (Å²) in [5.74, 6) is -0.391. The molecule has 0 fully saturated rings. The first-order valence-electron chi connectivity index (χ1n) is 6.58. The van der Waals surface area contributed by atoms with Crippen LogP contribution in [0.15, 0.2) is 12.1 Å². The molecule has 0 radical (unpaired) electrons. The second-order valence-corrected chi connectivity index (χ2v) is 4.51. The molecule has 0 aliphatic carbocycles. The first-order valence-corrected chi connectivity index (χ1v) is 6.96. The fourth-order valence-electron chi connectivity index (χ4n) is 1.48. The van der Waals surface area contributed by atoms with Crippen molar-refractivity contribution < 1.29 is 14.3 Å². The predicted octanol–water partition coefficient (Wildman–Crippen LogP) is 3.27. The smallest absolute Gasteiger partial charge is 0.338 e. The fraction of sp³-hybridized carbons (Fsp3) is 0.571. The van der Waals surface area contributed by atoms with Gasteiger partial charge >= 0.3 is 5.97 Å². The summed E-state index contributed by atoms with van der Waals surface area (Å²) in [6.45, 7) is 5.43. The molecule has 0 aliphatic rings. The maximum Gasteiger partial charge on any atom is 0.338 e. The van der Waals surface area contributed by atoms with Crippen LogP contribution in [0, 0.1) is 0 Å². The van der Waals surface area contributed by atoms with Crippen molar-refractivity contribution in [1.82, 2.24) is 4.98 Å². The number of carbonyl (C=O) groups excluding carboxylic acids is 1. The molecule has 0 atom stereocenters. The van der Waals surface area contributed by atoms with Gasteiger partial charge in [-0.05, 0) is 25.0 Å². The highest BCUT2D eigenvalue weighted by Crippen LogP contribution is 2.12. The lowest BCUT2D eigenvalue weighted by Gasteiger charge is -2.07. The Kier molecular flexibility index (Phi) is 7.45. The molecule has 19 heavy (non-hydrogen) atoms. The number of esters is 1. The van der Waals surface area contributed by atoms with E-state index in [9.17, 15) is 4.79 Å². The second-order valence-electron chi connectivity index (χ2n) is 4.13. The van der Waals surface area contributed by atoms with Gasteiger partial charge in [-0.25, -0.2) is 9.78 Å². The maximum atomic E-state index is 11.8. The molecule has 106 valence electrons. The van der Waals surface area contributed by atoms with Crippen molar-refractivity contribution in [1.29, 1.82) is 0 Å². The highest BCUT2D eigenvalue weighted by molar-refractivity contribution is 6.29. The van der Waals surface area contributed by atoms with Gasteiger partial charge in [-0.3, -0.25) is 0 Å². The molecule has 5 heteroatoms. The lowest BCUT2D eigenvalue weighted by atomic mass is 10.2. The molecule has 0 saturated carbocycles. The van der Waals surface area contributed by atoms with E-state index in [1.165, 1.54) is 6.07 Å². The normalized spacial score (nSPS) is 10.5. The van der Waals surface area contributed by atoms with E-state index in [0.29, 0.717) is 23.9 Å². The van der Waals surface area contributed by atoms with Crippen molar-refractivity contribution in [3.8, 4) is 0 Å². The Bertz CT molecular complexity index is 410. The number of hydrogen-bond donors (Lipinski definition) is 0. The zero-order valence-electron chi connectivity index (χ0n) is 11.4. The van der Waals surface area contributed by atoms with Gasteiger partial charge in [0.25, 0.3) is 0 Å². The van der Waals surface area contributed by atoms with Crippen LogP contribution in [0.1, 0.15) is 42.7 Å². The van der Waals surface area contributed by atoms with Gasteiger partial charge in [0, 0.05) is 12.3 Å². The summed E-state index contributed by atoms with van der Waals surface area (Å²) in [5.41, 5.74) is 1.21. The quantitative estimate of drug-likeness (QED) is 0.418. The van der Waals surface area contributed by atoms with Crippen LogP contribution in [0.2, 0.25) is 5.15 Å². The van der Waals surface area contributed by atoms with Crippen LogP contribution in [0.25, 0.3) is 0 Å². The number of halogens is 1. The van der Waals surface area contributed by atoms with Gasteiger partial charge in [0.05, 0.1) is 12.2 Å². The number of rotatable bonds is 8. The van der Waals surface area contributed by atoms with Crippen molar-refractivity contribution in [3.05, 3.63) is 28.5 Å². The fourth-order valence-corrected chi connectivity index (χ4v) is 1.70. The minimum absolute atomic E-state index is 0.254. The molecule has 0 aliphatic heterocycles. The molecule has 1 aromatic heterocycles. The van der Waals surface area contributed by atoms with E-state index in [1.807, 2.05) is 6.92 Å². The van der Waals surface area contributed by atoms with E-state index in [2.05, 4.69) is 11.9 Å². The number of pyridine rings is 1. The minimum Gasteiger partial charge on any atom is -0.460 e. The lowest BCUT2D eigenvalue weighted by molar-refractivity contribution is 0.0313. The van der Waals surface area contributed by atoms with Crippen LogP contribution in [0.3, 0.4) is 0 Å². The van der Waals surface area contributed by atoms with E-state index in [4.69, 9.17) is 21.1 Å². The van der Waals surface area contributed by atoms with Crippen molar-refractivity contribution in [3.63, 3.8) is 0 Å². The summed E-state index contributed by atoms with van der Waals surface area (Å²) in [6.07, 6.45) is 2.84. The monoisotopic (exact) mass is 285 g/mol. The Morgan fingerprint density at radius 3 is 2.74 bits per heavy atom. The van der Waals surface area contributed by atoms with Gasteiger partial charge in [0.15, 0.2) is 0 Å². The number of aryl methyl sites for hydroxylation is 1. The molecule has 0 amide bonds. The Labute approximate surface area is 119 Å². The van der Waals surface area contributed by atoms with Crippen LogP contribution >= 0.6 is 11.6 Å². The third-order valence-corrected chi connectivity index (χ3v) is 2.74. The third kappa shape index (κ3) is 6.03. The lowest BCUT2D eigenvalue weighted by Crippen LogP contribution is -2.12. The van der Waals surface area contributed by atoms with Gasteiger partial charge in [-0.2, -0.15) is 0 Å². The molecule has 0 unspecified atom stereocenters. The topological polar surface area (TPSA) is 48.4 Å². The summed E-state index contributed by atoms with van der Waals surface area (Å²) in [5, 5.41) is 0.311. The van der Waals surface area contributed by atoms with Crippen LogP contribution < -0.4 is 0 Å². The number of ether oxygens (including phenoxy) is 2. The number of hydrogen-bond acceptors (Lipinski definition) is 4. The summed E-state index contributed by atoms with van der Waals surface area (Å²) >= 11 is 5.85. The van der Waals surface area contributed by atoms with E-state index in [1.54, 1.807) is 6.07 Å². The number of carbonyl (C=O) groups is 1. The maximum absolute atomic E-state index is 11.8. The van der Waals surface area contributed by atoms with E-state index >= 15 is 0 Å². The third-order valence-electron chi connectivity index (χ3n) is 2.55. The van der Waals surface area contributed by atoms with E-state index in [0.717, 1.165) is 25.0 Å². The second kappa shape index (κ2) is 8.88. The van der Waals surface area contributed by atoms with Crippen LogP contribution in [0.4, 0.5) is 0 Å². The van der Waals surface area contributed by atoms with E-state index < -0.39 is 5.97 Å². The highest BCUT2D eigenvalue weighted by atomic mass is 35.5. The largest absolute Gasteiger partial charge is 0.460 e. The average molecular weight is 286 g/mol. The Morgan fingerprint density at radius 1 is 1.26 bits per heavy atom. The Hall–Kier alpha value is -1.13. The predicted molar refractivity (Wildman–Crippen MR) is 74.6 cm³/mol. The standard InChI is InChI=1S/C14H20ClNO3/c1-3-5-6-18-7-8-19-14(17)11-9-12(4-2)16-13(15)10-11/h9-10H,3-8H2,1-2H3. The van der Waals surface area contributed by atoms with Gasteiger partial charge < -0.3 is 9.47 Å². The molecule has 0 N–H and O–H groups in total.